The molecular formula is C15H28ClNO. The molecule has 106 valence electrons. The first kappa shape index (κ1) is 15.8. The lowest BCUT2D eigenvalue weighted by Crippen LogP contribution is -2.40. The Balaban J connectivity index is 2.36. The van der Waals surface area contributed by atoms with Crippen LogP contribution in [0.3, 0.4) is 0 Å². The first-order valence-electron chi connectivity index (χ1n) is 7.45. The zero-order chi connectivity index (χ0) is 13.4. The lowest BCUT2D eigenvalue weighted by atomic mass is 9.77. The summed E-state index contributed by atoms with van der Waals surface area (Å²) in [6, 6.07) is 0. The smallest absolute Gasteiger partial charge is 0.226 e. The van der Waals surface area contributed by atoms with Crippen molar-refractivity contribution in [1.29, 1.82) is 0 Å². The summed E-state index contributed by atoms with van der Waals surface area (Å²) in [5.41, 5.74) is -0.0549. The molecule has 1 fully saturated rings. The zero-order valence-corrected chi connectivity index (χ0v) is 12.7. The van der Waals surface area contributed by atoms with E-state index in [4.69, 9.17) is 11.6 Å². The number of carbonyl (C=O) groups is 1. The molecule has 0 unspecified atom stereocenters. The van der Waals surface area contributed by atoms with Gasteiger partial charge in [-0.05, 0) is 38.0 Å². The van der Waals surface area contributed by atoms with E-state index in [1.807, 2.05) is 0 Å². The number of hydrogen-bond acceptors (Lipinski definition) is 1. The van der Waals surface area contributed by atoms with Crippen molar-refractivity contribution in [2.75, 3.05) is 12.4 Å². The second-order valence-corrected chi connectivity index (χ2v) is 6.47. The molecule has 0 atom stereocenters. The fraction of sp³-hybridized carbons (Fsp3) is 0.933. The van der Waals surface area contributed by atoms with Crippen LogP contribution < -0.4 is 5.32 Å². The molecule has 0 spiro atoms. The largest absolute Gasteiger partial charge is 0.356 e. The minimum Gasteiger partial charge on any atom is -0.356 e. The van der Waals surface area contributed by atoms with Crippen LogP contribution in [0.25, 0.3) is 0 Å². The Labute approximate surface area is 117 Å². The van der Waals surface area contributed by atoms with Crippen LogP contribution >= 0.6 is 11.6 Å². The number of halogens is 1. The predicted octanol–water partition coefficient (Wildman–Crippen LogP) is 4.12. The van der Waals surface area contributed by atoms with Crippen molar-refractivity contribution in [3.8, 4) is 0 Å². The van der Waals surface area contributed by atoms with Gasteiger partial charge < -0.3 is 5.32 Å². The maximum atomic E-state index is 12.4. The third-order valence-electron chi connectivity index (χ3n) is 3.94. The average Bonchev–Trinajstić information content (AvgIpc) is 2.77. The van der Waals surface area contributed by atoms with Crippen molar-refractivity contribution in [2.24, 2.45) is 11.3 Å². The fourth-order valence-corrected chi connectivity index (χ4v) is 3.33. The lowest BCUT2D eigenvalue weighted by Gasteiger charge is -2.29. The highest BCUT2D eigenvalue weighted by atomic mass is 35.5. The Kier molecular flexibility index (Phi) is 7.06. The highest BCUT2D eigenvalue weighted by Gasteiger charge is 2.40. The van der Waals surface area contributed by atoms with Gasteiger partial charge in [-0.3, -0.25) is 4.79 Å². The molecule has 0 bridgehead atoms. The number of nitrogens with one attached hydrogen (secondary N) is 1. The molecule has 1 aliphatic carbocycles. The lowest BCUT2D eigenvalue weighted by molar-refractivity contribution is -0.131. The highest BCUT2D eigenvalue weighted by Crippen LogP contribution is 2.43. The van der Waals surface area contributed by atoms with E-state index in [9.17, 15) is 4.79 Å². The van der Waals surface area contributed by atoms with Crippen LogP contribution in [0.1, 0.15) is 65.2 Å². The van der Waals surface area contributed by atoms with Crippen LogP contribution in [-0.4, -0.2) is 18.3 Å². The molecular weight excluding hydrogens is 246 g/mol. The molecule has 0 aromatic rings. The molecule has 1 aliphatic rings. The molecule has 1 amide bonds. The molecule has 3 heteroatoms. The maximum Gasteiger partial charge on any atom is 0.226 e. The van der Waals surface area contributed by atoms with E-state index >= 15 is 0 Å². The predicted molar refractivity (Wildman–Crippen MR) is 77.9 cm³/mol. The van der Waals surface area contributed by atoms with Gasteiger partial charge in [0.15, 0.2) is 0 Å². The summed E-state index contributed by atoms with van der Waals surface area (Å²) in [6.45, 7) is 5.25. The normalized spacial score (nSPS) is 18.2. The fourth-order valence-electron chi connectivity index (χ4n) is 3.14. The monoisotopic (exact) mass is 273 g/mol. The van der Waals surface area contributed by atoms with Gasteiger partial charge >= 0.3 is 0 Å². The van der Waals surface area contributed by atoms with Crippen molar-refractivity contribution in [2.45, 2.75) is 65.2 Å². The van der Waals surface area contributed by atoms with Gasteiger partial charge in [-0.2, -0.15) is 0 Å². The molecule has 0 heterocycles. The molecule has 1 N–H and O–H groups in total. The third kappa shape index (κ3) is 4.79. The van der Waals surface area contributed by atoms with E-state index in [-0.39, 0.29) is 5.41 Å². The summed E-state index contributed by atoms with van der Waals surface area (Å²) in [5.74, 6) is 1.63. The summed E-state index contributed by atoms with van der Waals surface area (Å²) in [7, 11) is 0. The van der Waals surface area contributed by atoms with Gasteiger partial charge in [0.05, 0.1) is 0 Å². The molecule has 2 nitrogen and oxygen atoms in total. The first-order chi connectivity index (χ1) is 8.60. The number of carbonyl (C=O) groups excluding carboxylic acids is 1. The summed E-state index contributed by atoms with van der Waals surface area (Å²) in [5, 5.41) is 3.15. The molecule has 0 aromatic heterocycles. The molecule has 0 saturated heterocycles. The van der Waals surface area contributed by atoms with Gasteiger partial charge in [0.1, 0.15) is 0 Å². The minimum absolute atomic E-state index is 0.0549. The molecule has 18 heavy (non-hydrogen) atoms. The van der Waals surface area contributed by atoms with Crippen molar-refractivity contribution in [3.05, 3.63) is 0 Å². The molecule has 0 aromatic carbocycles. The minimum atomic E-state index is -0.0549. The van der Waals surface area contributed by atoms with Gasteiger partial charge in [-0.1, -0.05) is 33.1 Å². The van der Waals surface area contributed by atoms with Crippen molar-refractivity contribution in [1.82, 2.24) is 5.32 Å². The van der Waals surface area contributed by atoms with Crippen LogP contribution in [0, 0.1) is 11.3 Å². The van der Waals surface area contributed by atoms with Gasteiger partial charge in [-0.25, -0.2) is 0 Å². The molecule has 1 saturated carbocycles. The highest BCUT2D eigenvalue weighted by molar-refractivity contribution is 6.17. The first-order valence-corrected chi connectivity index (χ1v) is 7.98. The van der Waals surface area contributed by atoms with E-state index in [1.165, 1.54) is 12.8 Å². The summed E-state index contributed by atoms with van der Waals surface area (Å²) in [4.78, 5) is 12.4. The number of unbranched alkanes of at least 4 members (excludes halogenated alkanes) is 2. The van der Waals surface area contributed by atoms with Crippen LogP contribution in [0.5, 0.6) is 0 Å². The van der Waals surface area contributed by atoms with E-state index in [2.05, 4.69) is 19.2 Å². The van der Waals surface area contributed by atoms with Gasteiger partial charge in [0, 0.05) is 17.8 Å². The van der Waals surface area contributed by atoms with Crippen LogP contribution in [0.4, 0.5) is 0 Å². The maximum absolute atomic E-state index is 12.4. The topological polar surface area (TPSA) is 29.1 Å². The van der Waals surface area contributed by atoms with Crippen molar-refractivity contribution >= 4 is 17.5 Å². The van der Waals surface area contributed by atoms with E-state index in [0.29, 0.717) is 11.8 Å². The van der Waals surface area contributed by atoms with E-state index in [1.54, 1.807) is 0 Å². The number of amides is 1. The second kappa shape index (κ2) is 8.04. The average molecular weight is 274 g/mol. The number of alkyl halides is 1. The van der Waals surface area contributed by atoms with E-state index < -0.39 is 0 Å². The Morgan fingerprint density at radius 1 is 1.22 bits per heavy atom. The SMILES string of the molecule is CC(C)CC1(C(=O)NCCCCCCl)CCCC1. The van der Waals surface area contributed by atoms with Crippen molar-refractivity contribution in [3.63, 3.8) is 0 Å². The summed E-state index contributed by atoms with van der Waals surface area (Å²) >= 11 is 5.64. The Bertz CT molecular complexity index is 247. The van der Waals surface area contributed by atoms with Crippen LogP contribution in [0.2, 0.25) is 0 Å². The van der Waals surface area contributed by atoms with Crippen LogP contribution in [0.15, 0.2) is 0 Å². The number of hydrogen-bond donors (Lipinski definition) is 1. The van der Waals surface area contributed by atoms with Gasteiger partial charge in [0.2, 0.25) is 5.91 Å². The third-order valence-corrected chi connectivity index (χ3v) is 4.20. The second-order valence-electron chi connectivity index (χ2n) is 6.09. The zero-order valence-electron chi connectivity index (χ0n) is 11.9. The Morgan fingerprint density at radius 2 is 1.89 bits per heavy atom. The number of rotatable bonds is 8. The Hall–Kier alpha value is -0.240. The van der Waals surface area contributed by atoms with Gasteiger partial charge in [-0.15, -0.1) is 11.6 Å². The van der Waals surface area contributed by atoms with Gasteiger partial charge in [0.25, 0.3) is 0 Å². The van der Waals surface area contributed by atoms with Crippen LogP contribution in [-0.2, 0) is 4.79 Å². The van der Waals surface area contributed by atoms with Crippen molar-refractivity contribution < 1.29 is 4.79 Å². The molecule has 0 aliphatic heterocycles. The quantitative estimate of drug-likeness (QED) is 0.523. The molecule has 0 radical (unpaired) electrons. The summed E-state index contributed by atoms with van der Waals surface area (Å²) in [6.07, 6.45) is 8.85. The Morgan fingerprint density at radius 3 is 2.44 bits per heavy atom. The standard InChI is InChI=1S/C15H28ClNO/c1-13(2)12-15(8-4-5-9-15)14(18)17-11-7-3-6-10-16/h13H,3-12H2,1-2H3,(H,17,18). The molecule has 1 rings (SSSR count). The summed E-state index contributed by atoms with van der Waals surface area (Å²) < 4.78 is 0. The van der Waals surface area contributed by atoms with E-state index in [0.717, 1.165) is 50.9 Å².